The lowest BCUT2D eigenvalue weighted by Crippen LogP contribution is -1.85. The van der Waals surface area contributed by atoms with Gasteiger partial charge in [0.15, 0.2) is 0 Å². The average molecular weight is 268 g/mol. The Morgan fingerprint density at radius 2 is 2.14 bits per heavy atom. The van der Waals surface area contributed by atoms with Gasteiger partial charge in [-0.15, -0.1) is 0 Å². The second-order valence-corrected chi connectivity index (χ2v) is 4.09. The van der Waals surface area contributed by atoms with Gasteiger partial charge < -0.3 is 0 Å². The highest BCUT2D eigenvalue weighted by Gasteiger charge is 2.03. The van der Waals surface area contributed by atoms with E-state index in [1.54, 1.807) is 12.1 Å². The minimum Gasteiger partial charge on any atom is -0.236 e. The molecular weight excluding hydrogens is 263 g/mol. The van der Waals surface area contributed by atoms with Crippen LogP contribution in [0, 0.1) is 11.3 Å². The summed E-state index contributed by atoms with van der Waals surface area (Å²) in [6.45, 7) is 0. The van der Waals surface area contributed by atoms with Crippen LogP contribution < -0.4 is 0 Å². The fraction of sp³-hybridized carbons (Fsp3) is 0. The molecule has 2 rings (SSSR count). The first-order valence-corrected chi connectivity index (χ1v) is 5.04. The predicted octanol–water partition coefficient (Wildman–Crippen LogP) is 3.52. The molecule has 2 nitrogen and oxygen atoms in total. The standard InChI is InChI=1S/C10H4BrClN2/c11-7-3-6-1-2-8(5-13)14-10(6)9(12)4-7/h1-4H. The van der Waals surface area contributed by atoms with Gasteiger partial charge in [0.2, 0.25) is 0 Å². The number of fused-ring (bicyclic) bond motifs is 1. The van der Waals surface area contributed by atoms with Gasteiger partial charge in [0.25, 0.3) is 0 Å². The molecule has 2 aromatic rings. The zero-order chi connectivity index (χ0) is 10.1. The van der Waals surface area contributed by atoms with Crippen LogP contribution in [0.2, 0.25) is 5.02 Å². The Balaban J connectivity index is 2.84. The molecule has 0 aliphatic carbocycles. The molecule has 1 heterocycles. The minimum absolute atomic E-state index is 0.377. The van der Waals surface area contributed by atoms with Crippen molar-refractivity contribution in [2.45, 2.75) is 0 Å². The van der Waals surface area contributed by atoms with Crippen molar-refractivity contribution in [1.29, 1.82) is 5.26 Å². The molecule has 1 aromatic heterocycles. The van der Waals surface area contributed by atoms with Gasteiger partial charge in [0, 0.05) is 9.86 Å². The van der Waals surface area contributed by atoms with Crippen LogP contribution in [0.1, 0.15) is 5.69 Å². The van der Waals surface area contributed by atoms with E-state index >= 15 is 0 Å². The number of nitriles is 1. The number of aromatic nitrogens is 1. The lowest BCUT2D eigenvalue weighted by molar-refractivity contribution is 1.32. The quantitative estimate of drug-likeness (QED) is 0.732. The summed E-state index contributed by atoms with van der Waals surface area (Å²) in [7, 11) is 0. The maximum absolute atomic E-state index is 8.68. The lowest BCUT2D eigenvalue weighted by atomic mass is 10.2. The molecule has 0 aliphatic rings. The molecule has 0 bridgehead atoms. The Morgan fingerprint density at radius 3 is 2.86 bits per heavy atom. The predicted molar refractivity (Wildman–Crippen MR) is 59.2 cm³/mol. The second kappa shape index (κ2) is 3.56. The zero-order valence-corrected chi connectivity index (χ0v) is 9.30. The van der Waals surface area contributed by atoms with Crippen LogP contribution in [0.3, 0.4) is 0 Å². The van der Waals surface area contributed by atoms with Crippen molar-refractivity contribution >= 4 is 38.4 Å². The van der Waals surface area contributed by atoms with E-state index in [4.69, 9.17) is 16.9 Å². The molecule has 0 N–H and O–H groups in total. The summed E-state index contributed by atoms with van der Waals surface area (Å²) in [4.78, 5) is 4.12. The van der Waals surface area contributed by atoms with Gasteiger partial charge in [-0.1, -0.05) is 27.5 Å². The summed E-state index contributed by atoms with van der Waals surface area (Å²) in [5.41, 5.74) is 1.04. The molecule has 0 unspecified atom stereocenters. The van der Waals surface area contributed by atoms with Crippen molar-refractivity contribution in [2.75, 3.05) is 0 Å². The fourth-order valence-electron chi connectivity index (χ4n) is 1.22. The monoisotopic (exact) mass is 266 g/mol. The molecular formula is C10H4BrClN2. The van der Waals surface area contributed by atoms with E-state index in [0.717, 1.165) is 9.86 Å². The molecule has 14 heavy (non-hydrogen) atoms. The Hall–Kier alpha value is -1.11. The van der Waals surface area contributed by atoms with Crippen molar-refractivity contribution in [1.82, 2.24) is 4.98 Å². The number of hydrogen-bond donors (Lipinski definition) is 0. The number of hydrogen-bond acceptors (Lipinski definition) is 2. The highest BCUT2D eigenvalue weighted by Crippen LogP contribution is 2.26. The average Bonchev–Trinajstić information content (AvgIpc) is 2.17. The van der Waals surface area contributed by atoms with Crippen molar-refractivity contribution in [3.8, 4) is 6.07 Å². The van der Waals surface area contributed by atoms with E-state index in [2.05, 4.69) is 20.9 Å². The van der Waals surface area contributed by atoms with Crippen LogP contribution in [-0.2, 0) is 0 Å². The maximum Gasteiger partial charge on any atom is 0.141 e. The topological polar surface area (TPSA) is 36.7 Å². The summed E-state index contributed by atoms with van der Waals surface area (Å²) < 4.78 is 0.904. The van der Waals surface area contributed by atoms with Crippen molar-refractivity contribution in [3.05, 3.63) is 39.5 Å². The number of halogens is 2. The Kier molecular flexibility index (Phi) is 2.40. The minimum atomic E-state index is 0.377. The molecule has 0 saturated heterocycles. The second-order valence-electron chi connectivity index (χ2n) is 2.77. The van der Waals surface area contributed by atoms with E-state index in [9.17, 15) is 0 Å². The van der Waals surface area contributed by atoms with Crippen LogP contribution in [0.15, 0.2) is 28.7 Å². The third kappa shape index (κ3) is 1.59. The van der Waals surface area contributed by atoms with Crippen LogP contribution in [0.5, 0.6) is 0 Å². The van der Waals surface area contributed by atoms with Crippen molar-refractivity contribution in [3.63, 3.8) is 0 Å². The van der Waals surface area contributed by atoms with Crippen molar-refractivity contribution in [2.24, 2.45) is 0 Å². The largest absolute Gasteiger partial charge is 0.236 e. The summed E-state index contributed by atoms with van der Waals surface area (Å²) in [5.74, 6) is 0. The van der Waals surface area contributed by atoms with Gasteiger partial charge in [-0.3, -0.25) is 0 Å². The van der Waals surface area contributed by atoms with E-state index in [1.807, 2.05) is 18.2 Å². The number of benzene rings is 1. The van der Waals surface area contributed by atoms with E-state index < -0.39 is 0 Å². The highest BCUT2D eigenvalue weighted by atomic mass is 79.9. The summed E-state index contributed by atoms with van der Waals surface area (Å²) in [5, 5.41) is 10.1. The van der Waals surface area contributed by atoms with Crippen LogP contribution in [-0.4, -0.2) is 4.98 Å². The Bertz CT molecular complexity index is 546. The van der Waals surface area contributed by atoms with Gasteiger partial charge in [0.05, 0.1) is 10.5 Å². The zero-order valence-electron chi connectivity index (χ0n) is 6.96. The number of pyridine rings is 1. The Labute approximate surface area is 94.3 Å². The van der Waals surface area contributed by atoms with Crippen LogP contribution >= 0.6 is 27.5 Å². The molecule has 0 aliphatic heterocycles. The SMILES string of the molecule is N#Cc1ccc2cc(Br)cc(Cl)c2n1. The molecule has 4 heteroatoms. The smallest absolute Gasteiger partial charge is 0.141 e. The lowest BCUT2D eigenvalue weighted by Gasteiger charge is -2.00. The van der Waals surface area contributed by atoms with E-state index in [1.165, 1.54) is 0 Å². The van der Waals surface area contributed by atoms with Crippen LogP contribution in [0.4, 0.5) is 0 Å². The molecule has 0 fully saturated rings. The normalized spacial score (nSPS) is 10.1. The first kappa shape index (κ1) is 9.45. The molecule has 0 spiro atoms. The highest BCUT2D eigenvalue weighted by molar-refractivity contribution is 9.10. The molecule has 0 radical (unpaired) electrons. The van der Waals surface area contributed by atoms with Crippen molar-refractivity contribution < 1.29 is 0 Å². The van der Waals surface area contributed by atoms with Gasteiger partial charge in [-0.2, -0.15) is 5.26 Å². The first-order chi connectivity index (χ1) is 6.70. The summed E-state index contributed by atoms with van der Waals surface area (Å²) >= 11 is 9.33. The van der Waals surface area contributed by atoms with Gasteiger partial charge in [-0.25, -0.2) is 4.98 Å². The van der Waals surface area contributed by atoms with E-state index in [-0.39, 0.29) is 0 Å². The first-order valence-electron chi connectivity index (χ1n) is 3.86. The number of nitrogens with zero attached hydrogens (tertiary/aromatic N) is 2. The van der Waals surface area contributed by atoms with Gasteiger partial charge in [-0.05, 0) is 24.3 Å². The van der Waals surface area contributed by atoms with Crippen LogP contribution in [0.25, 0.3) is 10.9 Å². The third-order valence-electron chi connectivity index (χ3n) is 1.83. The Morgan fingerprint density at radius 1 is 1.36 bits per heavy atom. The van der Waals surface area contributed by atoms with E-state index in [0.29, 0.717) is 16.2 Å². The molecule has 0 saturated carbocycles. The summed E-state index contributed by atoms with van der Waals surface area (Å²) in [6.07, 6.45) is 0. The van der Waals surface area contributed by atoms with Gasteiger partial charge >= 0.3 is 0 Å². The molecule has 68 valence electrons. The molecule has 0 atom stereocenters. The molecule has 0 amide bonds. The number of rotatable bonds is 0. The third-order valence-corrected chi connectivity index (χ3v) is 2.57. The summed E-state index contributed by atoms with van der Waals surface area (Å²) in [6, 6.07) is 9.16. The van der Waals surface area contributed by atoms with Gasteiger partial charge in [0.1, 0.15) is 11.8 Å². The molecule has 1 aromatic carbocycles. The maximum atomic E-state index is 8.68. The fourth-order valence-corrected chi connectivity index (χ4v) is 2.10.